The smallest absolute Gasteiger partial charge is 0.239 e. The first-order chi connectivity index (χ1) is 8.75. The molecule has 1 aromatic heterocycles. The van der Waals surface area contributed by atoms with E-state index in [9.17, 15) is 9.59 Å². The minimum Gasteiger partial charge on any atom is -0.349 e. The molecule has 0 spiro atoms. The summed E-state index contributed by atoms with van der Waals surface area (Å²) < 4.78 is 0. The standard InChI is InChI=1S/C13H17N3O2/c17-12(9-16-13(18)10-4-3-5-10)15-8-11-6-1-2-7-14-11/h1-2,6-7,10H,3-5,8-9H2,(H,15,17)(H,16,18). The zero-order valence-electron chi connectivity index (χ0n) is 10.2. The second kappa shape index (κ2) is 6.14. The number of carbonyl (C=O) groups excluding carboxylic acids is 2. The Labute approximate surface area is 106 Å². The highest BCUT2D eigenvalue weighted by Gasteiger charge is 2.25. The maximum absolute atomic E-state index is 11.5. The fraction of sp³-hybridized carbons (Fsp3) is 0.462. The van der Waals surface area contributed by atoms with E-state index in [1.807, 2.05) is 18.2 Å². The van der Waals surface area contributed by atoms with Crippen LogP contribution in [-0.2, 0) is 16.1 Å². The molecule has 2 rings (SSSR count). The zero-order chi connectivity index (χ0) is 12.8. The molecule has 18 heavy (non-hydrogen) atoms. The van der Waals surface area contributed by atoms with E-state index in [1.165, 1.54) is 0 Å². The molecule has 1 aromatic rings. The molecule has 0 unspecified atom stereocenters. The highest BCUT2D eigenvalue weighted by Crippen LogP contribution is 2.25. The lowest BCUT2D eigenvalue weighted by Gasteiger charge is -2.23. The molecular formula is C13H17N3O2. The molecule has 96 valence electrons. The first-order valence-corrected chi connectivity index (χ1v) is 6.20. The molecule has 5 nitrogen and oxygen atoms in total. The van der Waals surface area contributed by atoms with Crippen LogP contribution in [0.25, 0.3) is 0 Å². The van der Waals surface area contributed by atoms with Crippen LogP contribution in [0.5, 0.6) is 0 Å². The topological polar surface area (TPSA) is 71.1 Å². The minimum atomic E-state index is -0.187. The van der Waals surface area contributed by atoms with Crippen LogP contribution in [0.3, 0.4) is 0 Å². The van der Waals surface area contributed by atoms with Crippen molar-refractivity contribution in [2.75, 3.05) is 6.54 Å². The third-order valence-corrected chi connectivity index (χ3v) is 3.09. The van der Waals surface area contributed by atoms with Gasteiger partial charge in [0, 0.05) is 12.1 Å². The van der Waals surface area contributed by atoms with Gasteiger partial charge in [0.1, 0.15) is 0 Å². The van der Waals surface area contributed by atoms with Gasteiger partial charge >= 0.3 is 0 Å². The number of hydrogen-bond donors (Lipinski definition) is 2. The molecule has 0 saturated heterocycles. The Morgan fingerprint density at radius 2 is 2.11 bits per heavy atom. The summed E-state index contributed by atoms with van der Waals surface area (Å²) >= 11 is 0. The van der Waals surface area contributed by atoms with Crippen molar-refractivity contribution in [3.63, 3.8) is 0 Å². The Bertz CT molecular complexity index is 416. The van der Waals surface area contributed by atoms with E-state index in [0.29, 0.717) is 6.54 Å². The van der Waals surface area contributed by atoms with Gasteiger partial charge in [-0.3, -0.25) is 14.6 Å². The molecule has 1 saturated carbocycles. The molecule has 1 heterocycles. The number of pyridine rings is 1. The summed E-state index contributed by atoms with van der Waals surface area (Å²) in [7, 11) is 0. The summed E-state index contributed by atoms with van der Waals surface area (Å²) in [5.41, 5.74) is 0.802. The lowest BCUT2D eigenvalue weighted by molar-refractivity contribution is -0.130. The van der Waals surface area contributed by atoms with Gasteiger partial charge in [0.25, 0.3) is 0 Å². The van der Waals surface area contributed by atoms with Gasteiger partial charge in [0.2, 0.25) is 11.8 Å². The van der Waals surface area contributed by atoms with Crippen LogP contribution in [0, 0.1) is 5.92 Å². The van der Waals surface area contributed by atoms with Crippen LogP contribution in [0.1, 0.15) is 25.0 Å². The Morgan fingerprint density at radius 1 is 1.28 bits per heavy atom. The Kier molecular flexibility index (Phi) is 4.28. The molecule has 0 aliphatic heterocycles. The summed E-state index contributed by atoms with van der Waals surface area (Å²) in [6.45, 7) is 0.432. The van der Waals surface area contributed by atoms with Crippen molar-refractivity contribution in [1.82, 2.24) is 15.6 Å². The van der Waals surface area contributed by atoms with Crippen molar-refractivity contribution in [2.24, 2.45) is 5.92 Å². The normalized spacial score (nSPS) is 14.7. The van der Waals surface area contributed by atoms with Crippen LogP contribution < -0.4 is 10.6 Å². The van der Waals surface area contributed by atoms with Crippen molar-refractivity contribution in [1.29, 1.82) is 0 Å². The molecular weight excluding hydrogens is 230 g/mol. The predicted octanol–water partition coefficient (Wildman–Crippen LogP) is 0.614. The lowest BCUT2D eigenvalue weighted by Crippen LogP contribution is -2.41. The number of carbonyl (C=O) groups is 2. The molecule has 5 heteroatoms. The number of nitrogens with one attached hydrogen (secondary N) is 2. The van der Waals surface area contributed by atoms with E-state index in [2.05, 4.69) is 15.6 Å². The monoisotopic (exact) mass is 247 g/mol. The van der Waals surface area contributed by atoms with E-state index in [0.717, 1.165) is 25.0 Å². The summed E-state index contributed by atoms with van der Waals surface area (Å²) in [4.78, 5) is 27.1. The van der Waals surface area contributed by atoms with Crippen molar-refractivity contribution >= 4 is 11.8 Å². The maximum atomic E-state index is 11.5. The van der Waals surface area contributed by atoms with Gasteiger partial charge in [-0.25, -0.2) is 0 Å². The van der Waals surface area contributed by atoms with Gasteiger partial charge < -0.3 is 10.6 Å². The third-order valence-electron chi connectivity index (χ3n) is 3.09. The van der Waals surface area contributed by atoms with Crippen LogP contribution in [0.15, 0.2) is 24.4 Å². The molecule has 1 fully saturated rings. The molecule has 0 bridgehead atoms. The minimum absolute atomic E-state index is 0.00534. The second-order valence-corrected chi connectivity index (χ2v) is 4.44. The third kappa shape index (κ3) is 3.55. The van der Waals surface area contributed by atoms with Crippen molar-refractivity contribution in [3.05, 3.63) is 30.1 Å². The zero-order valence-corrected chi connectivity index (χ0v) is 10.2. The van der Waals surface area contributed by atoms with Gasteiger partial charge in [-0.05, 0) is 25.0 Å². The first kappa shape index (κ1) is 12.5. The van der Waals surface area contributed by atoms with Gasteiger partial charge in [-0.15, -0.1) is 0 Å². The highest BCUT2D eigenvalue weighted by molar-refractivity contribution is 5.86. The van der Waals surface area contributed by atoms with E-state index >= 15 is 0 Å². The summed E-state index contributed by atoms with van der Waals surface area (Å²) in [5.74, 6) is -0.0730. The van der Waals surface area contributed by atoms with Gasteiger partial charge in [0.15, 0.2) is 0 Å². The van der Waals surface area contributed by atoms with Gasteiger partial charge in [0.05, 0.1) is 18.8 Å². The number of amides is 2. The van der Waals surface area contributed by atoms with E-state index in [4.69, 9.17) is 0 Å². The summed E-state index contributed by atoms with van der Waals surface area (Å²) in [6, 6.07) is 5.53. The molecule has 2 amide bonds. The maximum Gasteiger partial charge on any atom is 0.239 e. The largest absolute Gasteiger partial charge is 0.349 e. The summed E-state index contributed by atoms with van der Waals surface area (Å²) in [6.07, 6.45) is 4.69. The highest BCUT2D eigenvalue weighted by atomic mass is 16.2. The SMILES string of the molecule is O=C(CNC(=O)C1CCC1)NCc1ccccn1. The molecule has 1 aliphatic rings. The molecule has 0 atom stereocenters. The number of rotatable bonds is 5. The van der Waals surface area contributed by atoms with Gasteiger partial charge in [-0.1, -0.05) is 12.5 Å². The van der Waals surface area contributed by atoms with Gasteiger partial charge in [-0.2, -0.15) is 0 Å². The molecule has 1 aliphatic carbocycles. The average Bonchev–Trinajstić information content (AvgIpc) is 2.33. The number of aromatic nitrogens is 1. The fourth-order valence-electron chi connectivity index (χ4n) is 1.74. The van der Waals surface area contributed by atoms with Crippen LogP contribution in [0.2, 0.25) is 0 Å². The van der Waals surface area contributed by atoms with E-state index < -0.39 is 0 Å². The Morgan fingerprint density at radius 3 is 2.72 bits per heavy atom. The first-order valence-electron chi connectivity index (χ1n) is 6.20. The second-order valence-electron chi connectivity index (χ2n) is 4.44. The van der Waals surface area contributed by atoms with E-state index in [1.54, 1.807) is 6.20 Å². The molecule has 0 radical (unpaired) electrons. The summed E-state index contributed by atoms with van der Waals surface area (Å²) in [5, 5.41) is 5.36. The number of nitrogens with zero attached hydrogens (tertiary/aromatic N) is 1. The van der Waals surface area contributed by atoms with Crippen molar-refractivity contribution in [2.45, 2.75) is 25.8 Å². The average molecular weight is 247 g/mol. The predicted molar refractivity (Wildman–Crippen MR) is 66.4 cm³/mol. The van der Waals surface area contributed by atoms with E-state index in [-0.39, 0.29) is 24.3 Å². The quantitative estimate of drug-likeness (QED) is 0.801. The van der Waals surface area contributed by atoms with Crippen LogP contribution in [-0.4, -0.2) is 23.3 Å². The number of hydrogen-bond acceptors (Lipinski definition) is 3. The fourth-order valence-corrected chi connectivity index (χ4v) is 1.74. The Balaban J connectivity index is 1.64. The molecule has 2 N–H and O–H groups in total. The molecule has 0 aromatic carbocycles. The van der Waals surface area contributed by atoms with Crippen LogP contribution in [0.4, 0.5) is 0 Å². The van der Waals surface area contributed by atoms with Crippen molar-refractivity contribution in [3.8, 4) is 0 Å². The Hall–Kier alpha value is -1.91. The lowest BCUT2D eigenvalue weighted by atomic mass is 9.85. The van der Waals surface area contributed by atoms with Crippen molar-refractivity contribution < 1.29 is 9.59 Å². The van der Waals surface area contributed by atoms with Crippen LogP contribution >= 0.6 is 0 Å².